The minimum Gasteiger partial charge on any atom is -0.508 e. The summed E-state index contributed by atoms with van der Waals surface area (Å²) >= 11 is 0. The fourth-order valence-electron chi connectivity index (χ4n) is 6.81. The van der Waals surface area contributed by atoms with Crippen molar-refractivity contribution in [2.75, 3.05) is 14.1 Å². The molecule has 5 rings (SSSR count). The van der Waals surface area contributed by atoms with E-state index >= 15 is 0 Å². The predicted molar refractivity (Wildman–Crippen MR) is 139 cm³/mol. The van der Waals surface area contributed by atoms with E-state index in [9.17, 15) is 39.9 Å². The summed E-state index contributed by atoms with van der Waals surface area (Å²) in [5.41, 5.74) is 1.41. The number of carbonyl (C=O) groups excluding carboxylic acids is 3. The molecule has 0 spiro atoms. The van der Waals surface area contributed by atoms with Crippen LogP contribution in [-0.2, 0) is 20.8 Å². The maximum absolute atomic E-state index is 13.9. The molecule has 0 saturated heterocycles. The summed E-state index contributed by atoms with van der Waals surface area (Å²) in [4.78, 5) is 40.6. The standard InChI is InChI=1S/C29H32N2O8/c1-31(2)22-17-13-15-12-16-14(8-11-28(38)9-4-3-5-10-28)6-7-18(32)20(16)23(33)19(15)25(35)29(17,39)26(36)21(24(22)34)27(30)37/h6-7,15,17,22,32-33,36,38-39H,3-5,9-10,12-13H2,1-2H3,(H2,30,37)/t15?,17?,22-,29-/m0/s1. The molecular formula is C29H32N2O8. The third-order valence-corrected chi connectivity index (χ3v) is 8.71. The van der Waals surface area contributed by atoms with Gasteiger partial charge in [-0.1, -0.05) is 18.3 Å². The van der Waals surface area contributed by atoms with Crippen molar-refractivity contribution < 1.29 is 39.9 Å². The number of carbonyl (C=O) groups is 3. The Bertz CT molecular complexity index is 1420. The first-order valence-corrected chi connectivity index (χ1v) is 13.1. The van der Waals surface area contributed by atoms with Crippen LogP contribution in [0, 0.1) is 23.7 Å². The number of hydrogen-bond donors (Lipinski definition) is 6. The average Bonchev–Trinajstić information content (AvgIpc) is 2.86. The Morgan fingerprint density at radius 3 is 2.36 bits per heavy atom. The topological polar surface area (TPSA) is 182 Å². The summed E-state index contributed by atoms with van der Waals surface area (Å²) in [5, 5.41) is 55.4. The molecule has 1 amide bonds. The second-order valence-electron chi connectivity index (χ2n) is 11.3. The number of Topliss-reactive ketones (excluding diaryl/α,β-unsaturated/α-hetero) is 2. The number of likely N-dealkylation sites (N-methyl/N-ethyl adjacent to an activating group) is 1. The Kier molecular flexibility index (Phi) is 6.37. The zero-order valence-corrected chi connectivity index (χ0v) is 21.8. The highest BCUT2D eigenvalue weighted by atomic mass is 16.3. The summed E-state index contributed by atoms with van der Waals surface area (Å²) in [6.45, 7) is 0. The fourth-order valence-corrected chi connectivity index (χ4v) is 6.81. The highest BCUT2D eigenvalue weighted by Crippen LogP contribution is 2.52. The third-order valence-electron chi connectivity index (χ3n) is 8.71. The molecule has 7 N–H and O–H groups in total. The van der Waals surface area contributed by atoms with E-state index in [4.69, 9.17) is 5.73 Å². The number of phenols is 1. The van der Waals surface area contributed by atoms with Crippen molar-refractivity contribution in [1.29, 1.82) is 0 Å². The molecule has 0 radical (unpaired) electrons. The van der Waals surface area contributed by atoms with Gasteiger partial charge in [0.1, 0.15) is 28.4 Å². The van der Waals surface area contributed by atoms with E-state index in [2.05, 4.69) is 11.8 Å². The Hall–Kier alpha value is -3.65. The van der Waals surface area contributed by atoms with Crippen LogP contribution in [-0.4, -0.2) is 79.2 Å². The Labute approximate surface area is 225 Å². The van der Waals surface area contributed by atoms with Crippen LogP contribution in [0.1, 0.15) is 55.2 Å². The number of aromatic hydroxyl groups is 1. The minimum atomic E-state index is -2.68. The molecule has 10 nitrogen and oxygen atoms in total. The first-order chi connectivity index (χ1) is 18.3. The number of nitrogens with zero attached hydrogens (tertiary/aromatic N) is 1. The van der Waals surface area contributed by atoms with E-state index < -0.39 is 63.6 Å². The van der Waals surface area contributed by atoms with Crippen LogP contribution >= 0.6 is 0 Å². The van der Waals surface area contributed by atoms with Crippen LogP contribution in [0.5, 0.6) is 5.75 Å². The van der Waals surface area contributed by atoms with Gasteiger partial charge in [0.2, 0.25) is 5.78 Å². The molecule has 206 valence electrons. The lowest BCUT2D eigenvalue weighted by Gasteiger charge is -2.50. The van der Waals surface area contributed by atoms with Crippen LogP contribution in [0.2, 0.25) is 0 Å². The highest BCUT2D eigenvalue weighted by molar-refractivity contribution is 6.24. The number of nitrogens with two attached hydrogens (primary N) is 1. The lowest BCUT2D eigenvalue weighted by molar-refractivity contribution is -0.153. The molecule has 0 bridgehead atoms. The Morgan fingerprint density at radius 2 is 1.74 bits per heavy atom. The molecule has 0 aromatic heterocycles. The van der Waals surface area contributed by atoms with Crippen molar-refractivity contribution >= 4 is 23.2 Å². The summed E-state index contributed by atoms with van der Waals surface area (Å²) in [6.07, 6.45) is 4.01. The molecule has 0 aliphatic heterocycles. The lowest BCUT2D eigenvalue weighted by Crippen LogP contribution is -2.65. The zero-order valence-electron chi connectivity index (χ0n) is 21.8. The van der Waals surface area contributed by atoms with Crippen LogP contribution in [0.15, 0.2) is 29.0 Å². The number of phenolic OH excluding ortho intramolecular Hbond substituents is 1. The first kappa shape index (κ1) is 26.9. The maximum Gasteiger partial charge on any atom is 0.255 e. The smallest absolute Gasteiger partial charge is 0.255 e. The molecule has 39 heavy (non-hydrogen) atoms. The van der Waals surface area contributed by atoms with Gasteiger partial charge >= 0.3 is 0 Å². The molecular weight excluding hydrogens is 504 g/mol. The van der Waals surface area contributed by atoms with E-state index in [0.717, 1.165) is 19.3 Å². The van der Waals surface area contributed by atoms with Gasteiger partial charge in [-0.2, -0.15) is 0 Å². The maximum atomic E-state index is 13.9. The molecule has 2 fully saturated rings. The number of benzene rings is 1. The minimum absolute atomic E-state index is 0.00176. The molecule has 2 unspecified atom stereocenters. The summed E-state index contributed by atoms with van der Waals surface area (Å²) < 4.78 is 0. The van der Waals surface area contributed by atoms with Crippen LogP contribution in [0.4, 0.5) is 0 Å². The number of rotatable bonds is 2. The third kappa shape index (κ3) is 3.95. The van der Waals surface area contributed by atoms with E-state index in [1.54, 1.807) is 20.2 Å². The summed E-state index contributed by atoms with van der Waals surface area (Å²) in [7, 11) is 3.10. The van der Waals surface area contributed by atoms with E-state index in [0.29, 0.717) is 24.0 Å². The molecule has 1 aromatic rings. The summed E-state index contributed by atoms with van der Waals surface area (Å²) in [5.74, 6) is -0.982. The van der Waals surface area contributed by atoms with Gasteiger partial charge in [-0.3, -0.25) is 19.3 Å². The molecule has 1 aromatic carbocycles. The molecule has 0 heterocycles. The molecule has 4 atom stereocenters. The first-order valence-electron chi connectivity index (χ1n) is 13.1. The average molecular weight is 537 g/mol. The zero-order chi connectivity index (χ0) is 28.4. The number of aliphatic hydroxyl groups is 4. The van der Waals surface area contributed by atoms with Gasteiger partial charge in [-0.05, 0) is 76.2 Å². The number of amides is 1. The molecule has 4 aliphatic carbocycles. The fraction of sp³-hybridized carbons (Fsp3) is 0.483. The van der Waals surface area contributed by atoms with Crippen molar-refractivity contribution in [3.63, 3.8) is 0 Å². The van der Waals surface area contributed by atoms with Crippen LogP contribution in [0.25, 0.3) is 5.76 Å². The van der Waals surface area contributed by atoms with Gasteiger partial charge in [0.25, 0.3) is 5.91 Å². The number of aliphatic hydroxyl groups excluding tert-OH is 2. The number of fused-ring (bicyclic) bond motifs is 3. The monoisotopic (exact) mass is 536 g/mol. The predicted octanol–water partition coefficient (Wildman–Crippen LogP) is 1.01. The molecule has 2 saturated carbocycles. The second kappa shape index (κ2) is 9.23. The normalized spacial score (nSPS) is 29.8. The van der Waals surface area contributed by atoms with Crippen molar-refractivity contribution in [3.05, 3.63) is 45.7 Å². The Morgan fingerprint density at radius 1 is 1.08 bits per heavy atom. The van der Waals surface area contributed by atoms with Gasteiger partial charge in [0.15, 0.2) is 11.4 Å². The van der Waals surface area contributed by atoms with Crippen LogP contribution < -0.4 is 5.73 Å². The molecule has 10 heteroatoms. The van der Waals surface area contributed by atoms with Gasteiger partial charge in [0.05, 0.1) is 11.6 Å². The van der Waals surface area contributed by atoms with Crippen molar-refractivity contribution in [3.8, 4) is 17.6 Å². The van der Waals surface area contributed by atoms with Gasteiger partial charge < -0.3 is 31.3 Å². The SMILES string of the molecule is CN(C)[C@@H]1C(=O)C(C(N)=O)=C(O)[C@@]2(O)C(=O)C3=C(O)c4c(O)ccc(C#CC5(O)CCCCC5)c4CC3CC12. The largest absolute Gasteiger partial charge is 0.508 e. The van der Waals surface area contributed by atoms with Gasteiger partial charge in [0, 0.05) is 17.1 Å². The highest BCUT2D eigenvalue weighted by Gasteiger charge is 2.64. The van der Waals surface area contributed by atoms with Crippen LogP contribution in [0.3, 0.4) is 0 Å². The lowest BCUT2D eigenvalue weighted by atomic mass is 9.57. The van der Waals surface area contributed by atoms with Crippen molar-refractivity contribution in [1.82, 2.24) is 4.90 Å². The van der Waals surface area contributed by atoms with Gasteiger partial charge in [-0.25, -0.2) is 0 Å². The number of hydrogen-bond acceptors (Lipinski definition) is 9. The van der Waals surface area contributed by atoms with Crippen molar-refractivity contribution in [2.24, 2.45) is 17.6 Å². The molecule has 4 aliphatic rings. The quantitative estimate of drug-likeness (QED) is 0.237. The van der Waals surface area contributed by atoms with E-state index in [-0.39, 0.29) is 29.7 Å². The second-order valence-corrected chi connectivity index (χ2v) is 11.3. The Balaban J connectivity index is 1.66. The van der Waals surface area contributed by atoms with E-state index in [1.165, 1.54) is 11.0 Å². The summed E-state index contributed by atoms with van der Waals surface area (Å²) in [6, 6.07) is 1.78. The van der Waals surface area contributed by atoms with Gasteiger partial charge in [-0.15, -0.1) is 0 Å². The van der Waals surface area contributed by atoms with E-state index in [1.807, 2.05) is 0 Å². The van der Waals surface area contributed by atoms with Crippen molar-refractivity contribution in [2.45, 2.75) is 62.2 Å². The number of primary amides is 1. The number of ketones is 2.